The van der Waals surface area contributed by atoms with E-state index in [4.69, 9.17) is 11.6 Å². The molecule has 4 nitrogen and oxygen atoms in total. The van der Waals surface area contributed by atoms with E-state index in [1.165, 1.54) is 0 Å². The van der Waals surface area contributed by atoms with Crippen molar-refractivity contribution in [2.75, 3.05) is 18.2 Å². The van der Waals surface area contributed by atoms with Crippen LogP contribution in [0, 0.1) is 6.92 Å². The highest BCUT2D eigenvalue weighted by atomic mass is 35.5. The Balaban J connectivity index is 2.14. The summed E-state index contributed by atoms with van der Waals surface area (Å²) in [5, 5.41) is 0.441. The largest absolute Gasteiger partial charge is 0.355 e. The molecule has 2 rings (SSSR count). The van der Waals surface area contributed by atoms with Gasteiger partial charge in [-0.1, -0.05) is 23.7 Å². The van der Waals surface area contributed by atoms with Crippen LogP contribution in [0.3, 0.4) is 0 Å². The van der Waals surface area contributed by atoms with Crippen molar-refractivity contribution >= 4 is 28.2 Å². The maximum absolute atomic E-state index is 11.3. The summed E-state index contributed by atoms with van der Waals surface area (Å²) in [4.78, 5) is 11.2. The third kappa shape index (κ3) is 3.77. The van der Waals surface area contributed by atoms with Crippen LogP contribution in [0.4, 0.5) is 5.82 Å². The molecule has 6 heteroatoms. The molecule has 1 aromatic heterocycles. The lowest BCUT2D eigenvalue weighted by molar-refractivity contribution is 0.686. The Morgan fingerprint density at radius 3 is 2.45 bits per heavy atom. The Morgan fingerprint density at radius 1 is 1.25 bits per heavy atom. The number of aryl methyl sites for hydroxylation is 1. The second-order valence-electron chi connectivity index (χ2n) is 4.55. The summed E-state index contributed by atoms with van der Waals surface area (Å²) in [6.07, 6.45) is 1.67. The minimum atomic E-state index is -0.944. The molecule has 2 aromatic rings. The first kappa shape index (κ1) is 14.9. The monoisotopic (exact) mass is 309 g/mol. The van der Waals surface area contributed by atoms with E-state index in [1.807, 2.05) is 43.1 Å². The highest BCUT2D eigenvalue weighted by molar-refractivity contribution is 7.84. The highest BCUT2D eigenvalue weighted by Gasteiger charge is 2.07. The summed E-state index contributed by atoms with van der Waals surface area (Å²) >= 11 is 5.94. The molecule has 0 N–H and O–H groups in total. The minimum Gasteiger partial charge on any atom is -0.355 e. The van der Waals surface area contributed by atoms with Crippen molar-refractivity contribution in [3.05, 3.63) is 46.9 Å². The zero-order valence-electron chi connectivity index (χ0n) is 11.6. The fourth-order valence-electron chi connectivity index (χ4n) is 1.85. The predicted octanol–water partition coefficient (Wildman–Crippen LogP) is 2.81. The van der Waals surface area contributed by atoms with E-state index < -0.39 is 10.8 Å². The van der Waals surface area contributed by atoms with Gasteiger partial charge in [0.05, 0.1) is 0 Å². The van der Waals surface area contributed by atoms with Crippen LogP contribution in [0.2, 0.25) is 5.15 Å². The van der Waals surface area contributed by atoms with Crippen molar-refractivity contribution < 1.29 is 4.21 Å². The number of hydrogen-bond acceptors (Lipinski definition) is 4. The minimum absolute atomic E-state index is 0.441. The molecule has 0 amide bonds. The van der Waals surface area contributed by atoms with Crippen LogP contribution >= 0.6 is 11.6 Å². The van der Waals surface area contributed by atoms with E-state index in [2.05, 4.69) is 9.97 Å². The summed E-state index contributed by atoms with van der Waals surface area (Å²) in [6.45, 7) is 2.51. The highest BCUT2D eigenvalue weighted by Crippen LogP contribution is 2.17. The van der Waals surface area contributed by atoms with Gasteiger partial charge in [-0.2, -0.15) is 0 Å². The van der Waals surface area contributed by atoms with Gasteiger partial charge in [0.15, 0.2) is 0 Å². The van der Waals surface area contributed by atoms with Crippen LogP contribution in [-0.2, 0) is 17.3 Å². The van der Waals surface area contributed by atoms with Gasteiger partial charge < -0.3 is 4.90 Å². The van der Waals surface area contributed by atoms with Gasteiger partial charge in [0.25, 0.3) is 0 Å². The Bertz CT molecular complexity index is 611. The SMILES string of the molecule is Cc1nc(Cl)cc(N(C)Cc2ccc([S@](C)=O)cc2)n1. The van der Waals surface area contributed by atoms with Crippen LogP contribution in [0.5, 0.6) is 0 Å². The molecule has 0 aliphatic heterocycles. The zero-order chi connectivity index (χ0) is 14.7. The number of aromatic nitrogens is 2. The molecule has 0 spiro atoms. The lowest BCUT2D eigenvalue weighted by atomic mass is 10.2. The normalized spacial score (nSPS) is 12.2. The first-order valence-corrected chi connectivity index (χ1v) is 8.04. The zero-order valence-corrected chi connectivity index (χ0v) is 13.2. The smallest absolute Gasteiger partial charge is 0.134 e. The number of halogens is 1. The van der Waals surface area contributed by atoms with Crippen LogP contribution in [0.15, 0.2) is 35.2 Å². The molecule has 0 bridgehead atoms. The van der Waals surface area contributed by atoms with E-state index >= 15 is 0 Å². The van der Waals surface area contributed by atoms with Gasteiger partial charge in [-0.25, -0.2) is 9.97 Å². The van der Waals surface area contributed by atoms with Gasteiger partial charge in [0, 0.05) is 41.6 Å². The van der Waals surface area contributed by atoms with Crippen molar-refractivity contribution in [1.82, 2.24) is 9.97 Å². The Hall–Kier alpha value is -1.46. The second-order valence-corrected chi connectivity index (χ2v) is 6.32. The number of nitrogens with zero attached hydrogens (tertiary/aromatic N) is 3. The quantitative estimate of drug-likeness (QED) is 0.815. The summed E-state index contributed by atoms with van der Waals surface area (Å²) in [5.74, 6) is 1.43. The molecule has 1 atom stereocenters. The van der Waals surface area contributed by atoms with Crippen LogP contribution in [0.25, 0.3) is 0 Å². The van der Waals surface area contributed by atoms with Crippen molar-refractivity contribution in [3.8, 4) is 0 Å². The van der Waals surface area contributed by atoms with Crippen molar-refractivity contribution in [1.29, 1.82) is 0 Å². The average molecular weight is 310 g/mol. The lowest BCUT2D eigenvalue weighted by Crippen LogP contribution is -2.18. The first-order chi connectivity index (χ1) is 9.45. The van der Waals surface area contributed by atoms with Crippen molar-refractivity contribution in [2.24, 2.45) is 0 Å². The maximum atomic E-state index is 11.3. The summed E-state index contributed by atoms with van der Waals surface area (Å²) in [5.41, 5.74) is 1.12. The van der Waals surface area contributed by atoms with Gasteiger partial charge in [-0.3, -0.25) is 4.21 Å². The van der Waals surface area contributed by atoms with Crippen LogP contribution in [-0.4, -0.2) is 27.5 Å². The Labute approximate surface area is 126 Å². The summed E-state index contributed by atoms with van der Waals surface area (Å²) < 4.78 is 11.3. The first-order valence-electron chi connectivity index (χ1n) is 6.10. The molecule has 0 aliphatic rings. The topological polar surface area (TPSA) is 46.1 Å². The Kier molecular flexibility index (Phi) is 4.73. The Morgan fingerprint density at radius 2 is 1.90 bits per heavy atom. The van der Waals surface area contributed by atoms with Crippen molar-refractivity contribution in [3.63, 3.8) is 0 Å². The molecule has 0 aliphatic carbocycles. The number of anilines is 1. The fourth-order valence-corrected chi connectivity index (χ4v) is 2.59. The van der Waals surface area contributed by atoms with E-state index in [0.29, 0.717) is 17.5 Å². The standard InChI is InChI=1S/C14H16ClN3OS/c1-10-16-13(15)8-14(17-10)18(2)9-11-4-6-12(7-5-11)20(3)19/h4-8H,9H2,1-3H3/t20-/m0/s1. The molecule has 0 saturated heterocycles. The molecule has 1 heterocycles. The van der Waals surface area contributed by atoms with Gasteiger partial charge in [0.1, 0.15) is 16.8 Å². The van der Waals surface area contributed by atoms with Crippen LogP contribution < -0.4 is 4.90 Å². The molecule has 106 valence electrons. The van der Waals surface area contributed by atoms with E-state index in [0.717, 1.165) is 16.3 Å². The molecule has 20 heavy (non-hydrogen) atoms. The van der Waals surface area contributed by atoms with Gasteiger partial charge in [0.2, 0.25) is 0 Å². The van der Waals surface area contributed by atoms with Gasteiger partial charge in [-0.05, 0) is 24.6 Å². The fraction of sp³-hybridized carbons (Fsp3) is 0.286. The molecule has 0 unspecified atom stereocenters. The maximum Gasteiger partial charge on any atom is 0.134 e. The van der Waals surface area contributed by atoms with E-state index in [-0.39, 0.29) is 0 Å². The molecule has 0 fully saturated rings. The predicted molar refractivity (Wildman–Crippen MR) is 82.7 cm³/mol. The molecule has 1 aromatic carbocycles. The molecule has 0 radical (unpaired) electrons. The average Bonchev–Trinajstić information content (AvgIpc) is 2.38. The summed E-state index contributed by atoms with van der Waals surface area (Å²) in [7, 11) is 1.00. The van der Waals surface area contributed by atoms with Crippen molar-refractivity contribution in [2.45, 2.75) is 18.4 Å². The molecular formula is C14H16ClN3OS. The number of hydrogen-bond donors (Lipinski definition) is 0. The number of benzene rings is 1. The van der Waals surface area contributed by atoms with Crippen LogP contribution in [0.1, 0.15) is 11.4 Å². The lowest BCUT2D eigenvalue weighted by Gasteiger charge is -2.18. The molecular weight excluding hydrogens is 294 g/mol. The third-order valence-corrected chi connectivity index (χ3v) is 3.99. The van der Waals surface area contributed by atoms with Gasteiger partial charge in [-0.15, -0.1) is 0 Å². The van der Waals surface area contributed by atoms with Gasteiger partial charge >= 0.3 is 0 Å². The number of rotatable bonds is 4. The van der Waals surface area contributed by atoms with E-state index in [9.17, 15) is 4.21 Å². The third-order valence-electron chi connectivity index (χ3n) is 2.86. The van der Waals surface area contributed by atoms with E-state index in [1.54, 1.807) is 12.3 Å². The molecule has 0 saturated carbocycles. The second kappa shape index (κ2) is 6.33. The summed E-state index contributed by atoms with van der Waals surface area (Å²) in [6, 6.07) is 9.46.